The Balaban J connectivity index is 1.90. The van der Waals surface area contributed by atoms with Crippen molar-refractivity contribution in [2.24, 2.45) is 0 Å². The highest BCUT2D eigenvalue weighted by Gasteiger charge is 2.28. The van der Waals surface area contributed by atoms with Crippen molar-refractivity contribution in [3.05, 3.63) is 83.7 Å². The lowest BCUT2D eigenvalue weighted by Crippen LogP contribution is -2.41. The molecule has 180 valence electrons. The van der Waals surface area contributed by atoms with Crippen LogP contribution in [0.4, 0.5) is 10.1 Å². The molecule has 1 atom stereocenters. The smallest absolute Gasteiger partial charge is 0.264 e. The van der Waals surface area contributed by atoms with Crippen molar-refractivity contribution in [3.8, 4) is 11.5 Å². The fraction of sp³-hybridized carbons (Fsp3) is 0.240. The molecular weight excluding hydrogens is 459 g/mol. The van der Waals surface area contributed by atoms with Crippen LogP contribution < -0.4 is 19.1 Å². The largest absolute Gasteiger partial charge is 0.497 e. The summed E-state index contributed by atoms with van der Waals surface area (Å²) in [5.74, 6) is 0.0834. The molecule has 7 nitrogen and oxygen atoms in total. The molecule has 0 fully saturated rings. The van der Waals surface area contributed by atoms with Crippen molar-refractivity contribution in [2.75, 3.05) is 25.1 Å². The first-order valence-corrected chi connectivity index (χ1v) is 12.0. The second-order valence-corrected chi connectivity index (χ2v) is 9.56. The second-order valence-electron chi connectivity index (χ2n) is 7.70. The zero-order chi connectivity index (χ0) is 24.9. The number of halogens is 1. The number of benzene rings is 3. The van der Waals surface area contributed by atoms with Crippen molar-refractivity contribution >= 4 is 21.6 Å². The van der Waals surface area contributed by atoms with Gasteiger partial charge in [-0.15, -0.1) is 0 Å². The Hall–Kier alpha value is -3.59. The molecule has 0 saturated heterocycles. The first-order valence-electron chi connectivity index (χ1n) is 10.5. The Kier molecular flexibility index (Phi) is 7.78. The highest BCUT2D eigenvalue weighted by atomic mass is 32.2. The number of hydrogen-bond donors (Lipinski definition) is 1. The van der Waals surface area contributed by atoms with Gasteiger partial charge < -0.3 is 14.8 Å². The van der Waals surface area contributed by atoms with Crippen LogP contribution in [0.1, 0.15) is 24.1 Å². The lowest BCUT2D eigenvalue weighted by atomic mass is 10.1. The van der Waals surface area contributed by atoms with Gasteiger partial charge in [-0.3, -0.25) is 9.10 Å². The van der Waals surface area contributed by atoms with Crippen LogP contribution in [-0.4, -0.2) is 35.1 Å². The van der Waals surface area contributed by atoms with Gasteiger partial charge >= 0.3 is 0 Å². The summed E-state index contributed by atoms with van der Waals surface area (Å²) in [7, 11) is -1.05. The van der Waals surface area contributed by atoms with E-state index in [1.54, 1.807) is 37.3 Å². The molecule has 0 bridgehead atoms. The monoisotopic (exact) mass is 486 g/mol. The Labute approximate surface area is 199 Å². The normalized spacial score (nSPS) is 12.0. The van der Waals surface area contributed by atoms with Crippen LogP contribution in [0.5, 0.6) is 11.5 Å². The van der Waals surface area contributed by atoms with Crippen LogP contribution in [-0.2, 0) is 14.8 Å². The van der Waals surface area contributed by atoms with Crippen LogP contribution in [0.3, 0.4) is 0 Å². The van der Waals surface area contributed by atoms with Gasteiger partial charge in [-0.1, -0.05) is 17.7 Å². The van der Waals surface area contributed by atoms with E-state index in [0.717, 1.165) is 22.0 Å². The van der Waals surface area contributed by atoms with Crippen molar-refractivity contribution < 1.29 is 27.1 Å². The molecule has 0 saturated carbocycles. The van der Waals surface area contributed by atoms with Gasteiger partial charge in [0.15, 0.2) is 0 Å². The number of carbonyl (C=O) groups is 1. The number of hydrogen-bond acceptors (Lipinski definition) is 5. The predicted molar refractivity (Wildman–Crippen MR) is 128 cm³/mol. The molecule has 0 aliphatic heterocycles. The van der Waals surface area contributed by atoms with Crippen molar-refractivity contribution in [2.45, 2.75) is 24.8 Å². The number of methoxy groups -OCH3 is 2. The number of anilines is 1. The number of ether oxygens (including phenoxy) is 2. The number of aryl methyl sites for hydroxylation is 1. The highest BCUT2D eigenvalue weighted by Crippen LogP contribution is 2.29. The van der Waals surface area contributed by atoms with E-state index in [4.69, 9.17) is 9.47 Å². The lowest BCUT2D eigenvalue weighted by Gasteiger charge is -2.25. The molecule has 34 heavy (non-hydrogen) atoms. The fourth-order valence-corrected chi connectivity index (χ4v) is 4.85. The van der Waals surface area contributed by atoms with Gasteiger partial charge in [0, 0.05) is 5.56 Å². The first-order chi connectivity index (χ1) is 16.1. The summed E-state index contributed by atoms with van der Waals surface area (Å²) in [6.07, 6.45) is 0. The molecule has 3 rings (SSSR count). The zero-order valence-corrected chi connectivity index (χ0v) is 20.2. The van der Waals surface area contributed by atoms with E-state index in [1.165, 1.54) is 38.5 Å². The molecule has 0 heterocycles. The highest BCUT2D eigenvalue weighted by molar-refractivity contribution is 7.92. The summed E-state index contributed by atoms with van der Waals surface area (Å²) >= 11 is 0. The van der Waals surface area contributed by atoms with Gasteiger partial charge in [-0.05, 0) is 68.4 Å². The summed E-state index contributed by atoms with van der Waals surface area (Å²) in [6, 6.07) is 15.9. The van der Waals surface area contributed by atoms with Crippen molar-refractivity contribution in [3.63, 3.8) is 0 Å². The molecule has 3 aromatic rings. The maximum absolute atomic E-state index is 13.5. The molecule has 0 aromatic heterocycles. The van der Waals surface area contributed by atoms with E-state index in [1.807, 2.05) is 6.92 Å². The van der Waals surface area contributed by atoms with E-state index in [-0.39, 0.29) is 10.6 Å². The number of amides is 1. The van der Waals surface area contributed by atoms with Crippen LogP contribution >= 0.6 is 0 Å². The lowest BCUT2D eigenvalue weighted by molar-refractivity contribution is -0.120. The van der Waals surface area contributed by atoms with E-state index in [0.29, 0.717) is 17.1 Å². The van der Waals surface area contributed by atoms with Crippen LogP contribution in [0.15, 0.2) is 71.6 Å². The number of rotatable bonds is 9. The number of nitrogens with one attached hydrogen (secondary N) is 1. The molecule has 9 heteroatoms. The summed E-state index contributed by atoms with van der Waals surface area (Å²) in [6.45, 7) is 3.10. The summed E-state index contributed by atoms with van der Waals surface area (Å²) in [5.41, 5.74) is 1.74. The average molecular weight is 487 g/mol. The molecule has 0 unspecified atom stereocenters. The minimum Gasteiger partial charge on any atom is -0.497 e. The fourth-order valence-electron chi connectivity index (χ4n) is 3.43. The summed E-state index contributed by atoms with van der Waals surface area (Å²) in [5, 5.41) is 2.81. The topological polar surface area (TPSA) is 84.9 Å². The summed E-state index contributed by atoms with van der Waals surface area (Å²) in [4.78, 5) is 13.0. The van der Waals surface area contributed by atoms with Gasteiger partial charge in [-0.25, -0.2) is 12.8 Å². The molecule has 0 radical (unpaired) electrons. The number of sulfonamides is 1. The van der Waals surface area contributed by atoms with Gasteiger partial charge in [-0.2, -0.15) is 0 Å². The SMILES string of the molecule is COc1ccc(OC)c([C@H](C)NC(=O)CN(c2ccc(F)cc2)S(=O)(=O)c2ccc(C)cc2)c1. The van der Waals surface area contributed by atoms with Gasteiger partial charge in [0.25, 0.3) is 10.0 Å². The van der Waals surface area contributed by atoms with Crippen molar-refractivity contribution in [1.29, 1.82) is 0 Å². The molecule has 0 spiro atoms. The maximum Gasteiger partial charge on any atom is 0.264 e. The molecule has 0 aliphatic rings. The quantitative estimate of drug-likeness (QED) is 0.490. The predicted octanol–water partition coefficient (Wildman–Crippen LogP) is 4.22. The first kappa shape index (κ1) is 25.0. The Morgan fingerprint density at radius 3 is 2.24 bits per heavy atom. The third-order valence-corrected chi connectivity index (χ3v) is 7.08. The Morgan fingerprint density at radius 1 is 1.00 bits per heavy atom. The molecule has 3 aromatic carbocycles. The zero-order valence-electron chi connectivity index (χ0n) is 19.4. The number of nitrogens with zero attached hydrogens (tertiary/aromatic N) is 1. The van der Waals surface area contributed by atoms with E-state index < -0.39 is 34.3 Å². The molecular formula is C25H27FN2O5S. The molecule has 0 aliphatic carbocycles. The van der Waals surface area contributed by atoms with Crippen LogP contribution in [0.2, 0.25) is 0 Å². The minimum atomic E-state index is -4.10. The van der Waals surface area contributed by atoms with E-state index >= 15 is 0 Å². The molecule has 1 amide bonds. The van der Waals surface area contributed by atoms with Crippen LogP contribution in [0.25, 0.3) is 0 Å². The van der Waals surface area contributed by atoms with E-state index in [9.17, 15) is 17.6 Å². The Morgan fingerprint density at radius 2 is 1.65 bits per heavy atom. The number of carbonyl (C=O) groups excluding carboxylic acids is 1. The molecule has 1 N–H and O–H groups in total. The third kappa shape index (κ3) is 5.66. The minimum absolute atomic E-state index is 0.0257. The van der Waals surface area contributed by atoms with E-state index in [2.05, 4.69) is 5.32 Å². The van der Waals surface area contributed by atoms with Gasteiger partial charge in [0.1, 0.15) is 23.9 Å². The standard InChI is InChI=1S/C25H27FN2O5S/c1-17-5-12-22(13-6-17)34(30,31)28(20-9-7-19(26)8-10-20)16-25(29)27-18(2)23-15-21(32-3)11-14-24(23)33-4/h5-15,18H,16H2,1-4H3,(H,27,29)/t18-/m0/s1. The maximum atomic E-state index is 13.5. The second kappa shape index (κ2) is 10.6. The third-order valence-electron chi connectivity index (χ3n) is 5.29. The van der Waals surface area contributed by atoms with Gasteiger partial charge in [0.05, 0.1) is 30.8 Å². The summed E-state index contributed by atoms with van der Waals surface area (Å²) < 4.78 is 51.9. The van der Waals surface area contributed by atoms with Gasteiger partial charge in [0.2, 0.25) is 5.91 Å². The van der Waals surface area contributed by atoms with Crippen molar-refractivity contribution in [1.82, 2.24) is 5.32 Å². The average Bonchev–Trinajstić information content (AvgIpc) is 2.83. The van der Waals surface area contributed by atoms with Crippen LogP contribution in [0, 0.1) is 12.7 Å². The Bertz CT molecular complexity index is 1250.